The van der Waals surface area contributed by atoms with E-state index in [0.717, 1.165) is 40.8 Å². The molecule has 1 saturated heterocycles. The lowest BCUT2D eigenvalue weighted by molar-refractivity contribution is -0.0883. The molecule has 2 heterocycles. The van der Waals surface area contributed by atoms with Crippen LogP contribution in [0.25, 0.3) is 0 Å². The number of hydrogen-bond acceptors (Lipinski definition) is 3. The fraction of sp³-hybridized carbons (Fsp3) is 0.533. The summed E-state index contributed by atoms with van der Waals surface area (Å²) in [5.74, 6) is 1.56. The van der Waals surface area contributed by atoms with Gasteiger partial charge in [0.25, 0.3) is 0 Å². The van der Waals surface area contributed by atoms with E-state index in [1.807, 2.05) is 24.0 Å². The van der Waals surface area contributed by atoms with Gasteiger partial charge in [-0.05, 0) is 47.8 Å². The van der Waals surface area contributed by atoms with Crippen LogP contribution in [0.5, 0.6) is 11.5 Å². The first kappa shape index (κ1) is 13.2. The molecule has 0 aromatic heterocycles. The minimum absolute atomic E-state index is 0.0270. The van der Waals surface area contributed by atoms with Crippen LogP contribution in [0, 0.1) is 0 Å². The lowest BCUT2D eigenvalue weighted by Crippen LogP contribution is -2.65. The number of fused-ring (bicyclic) bond motifs is 4. The number of carbonyl (C=O) groups is 1. The van der Waals surface area contributed by atoms with Crippen molar-refractivity contribution in [3.63, 3.8) is 0 Å². The molecule has 2 amide bonds. The van der Waals surface area contributed by atoms with Gasteiger partial charge in [0, 0.05) is 18.0 Å². The molecule has 0 spiro atoms. The maximum atomic E-state index is 12.4. The van der Waals surface area contributed by atoms with Crippen LogP contribution in [0.15, 0.2) is 16.6 Å². The Kier molecular flexibility index (Phi) is 2.70. The summed E-state index contributed by atoms with van der Waals surface area (Å²) in [4.78, 5) is 14.3. The molecule has 5 nitrogen and oxygen atoms in total. The summed E-state index contributed by atoms with van der Waals surface area (Å²) in [7, 11) is 1.64. The Morgan fingerprint density at radius 3 is 2.90 bits per heavy atom. The Labute approximate surface area is 131 Å². The van der Waals surface area contributed by atoms with Gasteiger partial charge in [-0.1, -0.05) is 0 Å². The van der Waals surface area contributed by atoms with E-state index >= 15 is 0 Å². The molecule has 3 aliphatic rings. The highest BCUT2D eigenvalue weighted by molar-refractivity contribution is 9.10. The number of halogens is 1. The molecule has 2 bridgehead atoms. The molecular weight excluding hydrogens is 336 g/mol. The quantitative estimate of drug-likeness (QED) is 0.889. The van der Waals surface area contributed by atoms with Gasteiger partial charge in [0.15, 0.2) is 5.72 Å². The Morgan fingerprint density at radius 2 is 2.24 bits per heavy atom. The third-order valence-electron chi connectivity index (χ3n) is 4.50. The molecule has 1 N–H and O–H groups in total. The van der Waals surface area contributed by atoms with Gasteiger partial charge < -0.3 is 14.8 Å². The number of ether oxygens (including phenoxy) is 2. The molecule has 112 valence electrons. The van der Waals surface area contributed by atoms with Crippen LogP contribution in [-0.2, 0) is 0 Å². The van der Waals surface area contributed by atoms with E-state index in [-0.39, 0.29) is 12.1 Å². The minimum atomic E-state index is -0.571. The summed E-state index contributed by atoms with van der Waals surface area (Å²) in [5.41, 5.74) is 0.403. The average molecular weight is 353 g/mol. The standard InChI is InChI=1S/C15H17BrN2O3/c1-15-7-12(17-14(19)18(15)8-3-4-8)10-5-9(20-2)6-11(16)13(10)21-15/h5-6,8,12H,3-4,7H2,1-2H3,(H,17,19). The molecule has 1 aromatic carbocycles. The number of carbonyl (C=O) groups excluding carboxylic acids is 1. The molecule has 2 fully saturated rings. The molecule has 1 saturated carbocycles. The topological polar surface area (TPSA) is 50.8 Å². The maximum absolute atomic E-state index is 12.4. The van der Waals surface area contributed by atoms with Crippen molar-refractivity contribution >= 4 is 22.0 Å². The van der Waals surface area contributed by atoms with Gasteiger partial charge >= 0.3 is 6.03 Å². The number of amides is 2. The fourth-order valence-electron chi connectivity index (χ4n) is 3.42. The van der Waals surface area contributed by atoms with E-state index in [9.17, 15) is 4.79 Å². The predicted molar refractivity (Wildman–Crippen MR) is 80.5 cm³/mol. The highest BCUT2D eigenvalue weighted by atomic mass is 79.9. The van der Waals surface area contributed by atoms with E-state index in [2.05, 4.69) is 21.2 Å². The number of urea groups is 1. The first-order chi connectivity index (χ1) is 10.0. The van der Waals surface area contributed by atoms with E-state index in [1.54, 1.807) is 7.11 Å². The summed E-state index contributed by atoms with van der Waals surface area (Å²) in [6.07, 6.45) is 2.88. The number of methoxy groups -OCH3 is 1. The fourth-order valence-corrected chi connectivity index (χ4v) is 3.95. The van der Waals surface area contributed by atoms with Gasteiger partial charge in [0.05, 0.1) is 17.6 Å². The number of rotatable bonds is 2. The van der Waals surface area contributed by atoms with Crippen molar-refractivity contribution in [3.05, 3.63) is 22.2 Å². The van der Waals surface area contributed by atoms with Gasteiger partial charge in [-0.2, -0.15) is 0 Å². The van der Waals surface area contributed by atoms with Gasteiger partial charge in [0.2, 0.25) is 0 Å². The van der Waals surface area contributed by atoms with E-state index in [4.69, 9.17) is 9.47 Å². The molecule has 6 heteroatoms. The summed E-state index contributed by atoms with van der Waals surface area (Å²) >= 11 is 3.56. The Morgan fingerprint density at radius 1 is 1.48 bits per heavy atom. The number of hydrogen-bond donors (Lipinski definition) is 1. The molecular formula is C15H17BrN2O3. The average Bonchev–Trinajstić information content (AvgIpc) is 3.23. The van der Waals surface area contributed by atoms with E-state index < -0.39 is 5.72 Å². The Balaban J connectivity index is 1.81. The van der Waals surface area contributed by atoms with E-state index in [1.165, 1.54) is 0 Å². The monoisotopic (exact) mass is 352 g/mol. The molecule has 0 radical (unpaired) electrons. The van der Waals surface area contributed by atoms with Crippen molar-refractivity contribution < 1.29 is 14.3 Å². The summed E-state index contributed by atoms with van der Waals surface area (Å²) in [6.45, 7) is 2.01. The normalized spacial score (nSPS) is 30.3. The highest BCUT2D eigenvalue weighted by Crippen LogP contribution is 2.50. The van der Waals surface area contributed by atoms with Crippen molar-refractivity contribution in [2.75, 3.05) is 7.11 Å². The van der Waals surface area contributed by atoms with Crippen LogP contribution in [0.1, 0.15) is 37.8 Å². The van der Waals surface area contributed by atoms with Gasteiger partial charge in [-0.15, -0.1) is 0 Å². The predicted octanol–water partition coefficient (Wildman–Crippen LogP) is 3.19. The molecule has 21 heavy (non-hydrogen) atoms. The van der Waals surface area contributed by atoms with Crippen LogP contribution in [-0.4, -0.2) is 29.8 Å². The van der Waals surface area contributed by atoms with E-state index in [0.29, 0.717) is 6.04 Å². The third kappa shape index (κ3) is 1.92. The zero-order chi connectivity index (χ0) is 14.8. The highest BCUT2D eigenvalue weighted by Gasteiger charge is 2.54. The van der Waals surface area contributed by atoms with Crippen LogP contribution < -0.4 is 14.8 Å². The van der Waals surface area contributed by atoms with Crippen molar-refractivity contribution in [2.45, 2.75) is 44.0 Å². The lowest BCUT2D eigenvalue weighted by Gasteiger charge is -2.51. The third-order valence-corrected chi connectivity index (χ3v) is 5.09. The number of nitrogens with zero attached hydrogens (tertiary/aromatic N) is 1. The van der Waals surface area contributed by atoms with Gasteiger partial charge in [-0.3, -0.25) is 4.90 Å². The second-order valence-electron chi connectivity index (χ2n) is 6.11. The minimum Gasteiger partial charge on any atom is -0.497 e. The van der Waals surface area contributed by atoms with Crippen molar-refractivity contribution in [3.8, 4) is 11.5 Å². The maximum Gasteiger partial charge on any atom is 0.321 e. The Hall–Kier alpha value is -1.43. The van der Waals surface area contributed by atoms with Crippen LogP contribution in [0.3, 0.4) is 0 Å². The SMILES string of the molecule is COc1cc(Br)c2c(c1)C1CC(C)(O2)N(C2CC2)C(=O)N1. The molecule has 4 rings (SSSR count). The van der Waals surface area contributed by atoms with Gasteiger partial charge in [-0.25, -0.2) is 4.79 Å². The molecule has 2 aliphatic heterocycles. The number of nitrogens with one attached hydrogen (secondary N) is 1. The molecule has 1 aliphatic carbocycles. The lowest BCUT2D eigenvalue weighted by atomic mass is 9.90. The van der Waals surface area contributed by atoms with Crippen molar-refractivity contribution in [1.29, 1.82) is 0 Å². The first-order valence-electron chi connectivity index (χ1n) is 7.18. The largest absolute Gasteiger partial charge is 0.497 e. The smallest absolute Gasteiger partial charge is 0.321 e. The first-order valence-corrected chi connectivity index (χ1v) is 7.97. The van der Waals surface area contributed by atoms with Crippen LogP contribution >= 0.6 is 15.9 Å². The zero-order valence-corrected chi connectivity index (χ0v) is 13.6. The van der Waals surface area contributed by atoms with Crippen molar-refractivity contribution in [2.24, 2.45) is 0 Å². The van der Waals surface area contributed by atoms with Crippen LogP contribution in [0.2, 0.25) is 0 Å². The summed E-state index contributed by atoms with van der Waals surface area (Å²) < 4.78 is 12.4. The number of benzene rings is 1. The molecule has 2 unspecified atom stereocenters. The Bertz CT molecular complexity index is 632. The van der Waals surface area contributed by atoms with Crippen LogP contribution in [0.4, 0.5) is 4.79 Å². The summed E-state index contributed by atoms with van der Waals surface area (Å²) in [6, 6.07) is 4.09. The van der Waals surface area contributed by atoms with Crippen molar-refractivity contribution in [1.82, 2.24) is 10.2 Å². The second-order valence-corrected chi connectivity index (χ2v) is 6.97. The second kappa shape index (κ2) is 4.29. The molecule has 2 atom stereocenters. The summed E-state index contributed by atoms with van der Waals surface area (Å²) in [5, 5.41) is 3.11. The van der Waals surface area contributed by atoms with Gasteiger partial charge in [0.1, 0.15) is 11.5 Å². The zero-order valence-electron chi connectivity index (χ0n) is 12.0. The molecule has 1 aromatic rings.